The number of ketones is 1. The number of rotatable bonds is 5. The van der Waals surface area contributed by atoms with Gasteiger partial charge in [0.2, 0.25) is 0 Å². The fourth-order valence-electron chi connectivity index (χ4n) is 1.74. The van der Waals surface area contributed by atoms with Gasteiger partial charge in [-0.2, -0.15) is 0 Å². The molecule has 1 rings (SSSR count). The van der Waals surface area contributed by atoms with Crippen LogP contribution in [0, 0.1) is 17.7 Å². The van der Waals surface area contributed by atoms with Crippen LogP contribution in [0.4, 0.5) is 4.39 Å². The van der Waals surface area contributed by atoms with E-state index < -0.39 is 5.82 Å². The van der Waals surface area contributed by atoms with Crippen LogP contribution in [0.5, 0.6) is 0 Å². The van der Waals surface area contributed by atoms with Gasteiger partial charge in [-0.15, -0.1) is 0 Å². The predicted molar refractivity (Wildman–Crippen MR) is 68.0 cm³/mol. The Kier molecular flexibility index (Phi) is 5.09. The monoisotopic (exact) mass is 257 g/mol. The van der Waals surface area contributed by atoms with Gasteiger partial charge in [0, 0.05) is 17.5 Å². The van der Waals surface area contributed by atoms with Crippen LogP contribution in [0.3, 0.4) is 0 Å². The van der Waals surface area contributed by atoms with Crippen molar-refractivity contribution in [3.05, 3.63) is 34.6 Å². The molecule has 0 aliphatic carbocycles. The highest BCUT2D eigenvalue weighted by Gasteiger charge is 2.25. The van der Waals surface area contributed by atoms with E-state index in [-0.39, 0.29) is 23.2 Å². The van der Waals surface area contributed by atoms with E-state index in [2.05, 4.69) is 5.32 Å². The highest BCUT2D eigenvalue weighted by molar-refractivity contribution is 6.31. The van der Waals surface area contributed by atoms with Crippen LogP contribution in [0.25, 0.3) is 0 Å². The largest absolute Gasteiger partial charge is 0.319 e. The summed E-state index contributed by atoms with van der Waals surface area (Å²) < 4.78 is 13.6. The second-order valence-electron chi connectivity index (χ2n) is 4.40. The molecule has 0 aliphatic rings. The van der Waals surface area contributed by atoms with E-state index in [1.165, 1.54) is 18.2 Å². The van der Waals surface area contributed by atoms with Crippen molar-refractivity contribution < 1.29 is 9.18 Å². The Morgan fingerprint density at radius 3 is 2.65 bits per heavy atom. The maximum atomic E-state index is 13.6. The molecule has 1 N–H and O–H groups in total. The third kappa shape index (κ3) is 3.51. The van der Waals surface area contributed by atoms with Gasteiger partial charge < -0.3 is 5.32 Å². The topological polar surface area (TPSA) is 29.1 Å². The number of carbonyl (C=O) groups is 1. The summed E-state index contributed by atoms with van der Waals surface area (Å²) in [6.07, 6.45) is 0. The minimum absolute atomic E-state index is 0.0754. The molecule has 1 atom stereocenters. The zero-order chi connectivity index (χ0) is 13.0. The third-order valence-corrected chi connectivity index (χ3v) is 2.99. The molecular weight excluding hydrogens is 241 g/mol. The number of benzene rings is 1. The molecule has 2 nitrogen and oxygen atoms in total. The summed E-state index contributed by atoms with van der Waals surface area (Å²) in [7, 11) is 1.77. The van der Waals surface area contributed by atoms with Crippen LogP contribution in [0.15, 0.2) is 18.2 Å². The van der Waals surface area contributed by atoms with Crippen molar-refractivity contribution in [3.63, 3.8) is 0 Å². The van der Waals surface area contributed by atoms with Gasteiger partial charge >= 0.3 is 0 Å². The number of carbonyl (C=O) groups excluding carboxylic acids is 1. The van der Waals surface area contributed by atoms with Crippen molar-refractivity contribution in [1.29, 1.82) is 0 Å². The molecule has 0 bridgehead atoms. The summed E-state index contributed by atoms with van der Waals surface area (Å²) in [6.45, 7) is 4.42. The summed E-state index contributed by atoms with van der Waals surface area (Å²) in [5.41, 5.74) is 0.0754. The average Bonchev–Trinajstić information content (AvgIpc) is 2.28. The second kappa shape index (κ2) is 6.12. The predicted octanol–water partition coefficient (Wildman–Crippen LogP) is 3.15. The van der Waals surface area contributed by atoms with Gasteiger partial charge in [-0.25, -0.2) is 4.39 Å². The smallest absolute Gasteiger partial charge is 0.170 e. The minimum Gasteiger partial charge on any atom is -0.319 e. The summed E-state index contributed by atoms with van der Waals surface area (Å²) in [4.78, 5) is 12.2. The zero-order valence-electron chi connectivity index (χ0n) is 10.3. The van der Waals surface area contributed by atoms with E-state index in [9.17, 15) is 9.18 Å². The summed E-state index contributed by atoms with van der Waals surface area (Å²) in [6, 6.07) is 4.06. The lowest BCUT2D eigenvalue weighted by Gasteiger charge is -2.19. The molecule has 1 aromatic rings. The fourth-order valence-corrected chi connectivity index (χ4v) is 1.91. The lowest BCUT2D eigenvalue weighted by molar-refractivity contribution is 0.0882. The molecule has 17 heavy (non-hydrogen) atoms. The van der Waals surface area contributed by atoms with Gasteiger partial charge in [0.25, 0.3) is 0 Å². The molecule has 1 aromatic carbocycles. The molecule has 1 unspecified atom stereocenters. The Labute approximate surface area is 106 Å². The molecule has 0 saturated carbocycles. The zero-order valence-corrected chi connectivity index (χ0v) is 11.0. The van der Waals surface area contributed by atoms with E-state index in [0.717, 1.165) is 0 Å². The molecule has 94 valence electrons. The molecule has 0 saturated heterocycles. The van der Waals surface area contributed by atoms with Crippen molar-refractivity contribution in [1.82, 2.24) is 5.32 Å². The van der Waals surface area contributed by atoms with Crippen LogP contribution in [0.2, 0.25) is 5.02 Å². The Hall–Kier alpha value is -0.930. The first kappa shape index (κ1) is 14.1. The Morgan fingerprint density at radius 2 is 2.12 bits per heavy atom. The average molecular weight is 258 g/mol. The van der Waals surface area contributed by atoms with E-state index in [1.807, 2.05) is 13.8 Å². The lowest BCUT2D eigenvalue weighted by atomic mass is 9.87. The van der Waals surface area contributed by atoms with Crippen LogP contribution >= 0.6 is 11.6 Å². The van der Waals surface area contributed by atoms with Crippen molar-refractivity contribution in [2.24, 2.45) is 11.8 Å². The van der Waals surface area contributed by atoms with Gasteiger partial charge in [-0.05, 0) is 31.2 Å². The van der Waals surface area contributed by atoms with Gasteiger partial charge in [0.05, 0.1) is 5.56 Å². The number of nitrogens with one attached hydrogen (secondary N) is 1. The number of hydrogen-bond donors (Lipinski definition) is 1. The van der Waals surface area contributed by atoms with Crippen molar-refractivity contribution in [2.75, 3.05) is 13.6 Å². The third-order valence-electron chi connectivity index (χ3n) is 2.76. The first-order valence-corrected chi connectivity index (χ1v) is 5.99. The second-order valence-corrected chi connectivity index (χ2v) is 4.83. The molecule has 0 spiro atoms. The summed E-state index contributed by atoms with van der Waals surface area (Å²) in [5.74, 6) is -0.809. The first-order valence-electron chi connectivity index (χ1n) is 5.61. The van der Waals surface area contributed by atoms with Crippen molar-refractivity contribution >= 4 is 17.4 Å². The van der Waals surface area contributed by atoms with Crippen molar-refractivity contribution in [2.45, 2.75) is 13.8 Å². The molecule has 4 heteroatoms. The Balaban J connectivity index is 3.04. The molecule has 0 amide bonds. The highest BCUT2D eigenvalue weighted by Crippen LogP contribution is 2.21. The van der Waals surface area contributed by atoms with Gasteiger partial charge in [0.1, 0.15) is 5.82 Å². The lowest BCUT2D eigenvalue weighted by Crippen LogP contribution is -2.31. The maximum absolute atomic E-state index is 13.6. The molecule has 0 aromatic heterocycles. The van der Waals surface area contributed by atoms with E-state index >= 15 is 0 Å². The standard InChI is InChI=1S/C13H17ClFNO/c1-8(2)11(7-16-3)13(17)10-6-9(14)4-5-12(10)15/h4-6,8,11,16H,7H2,1-3H3. The van der Waals surface area contributed by atoms with Gasteiger partial charge in [-0.3, -0.25) is 4.79 Å². The van der Waals surface area contributed by atoms with E-state index in [1.54, 1.807) is 7.05 Å². The molecule has 0 aliphatic heterocycles. The van der Waals surface area contributed by atoms with Crippen molar-refractivity contribution in [3.8, 4) is 0 Å². The van der Waals surface area contributed by atoms with Gasteiger partial charge in [-0.1, -0.05) is 25.4 Å². The van der Waals surface area contributed by atoms with Crippen LogP contribution in [-0.4, -0.2) is 19.4 Å². The normalized spacial score (nSPS) is 12.8. The van der Waals surface area contributed by atoms with Gasteiger partial charge in [0.15, 0.2) is 5.78 Å². The van der Waals surface area contributed by atoms with Crippen LogP contribution in [-0.2, 0) is 0 Å². The Bertz CT molecular complexity index is 406. The quantitative estimate of drug-likeness (QED) is 0.821. The fraction of sp³-hybridized carbons (Fsp3) is 0.462. The summed E-state index contributed by atoms with van der Waals surface area (Å²) in [5, 5.41) is 3.33. The molecule has 0 fully saturated rings. The van der Waals surface area contributed by atoms with Crippen LogP contribution < -0.4 is 5.32 Å². The molecular formula is C13H17ClFNO. The highest BCUT2D eigenvalue weighted by atomic mass is 35.5. The SMILES string of the molecule is CNCC(C(=O)c1cc(Cl)ccc1F)C(C)C. The molecule has 0 radical (unpaired) electrons. The van der Waals surface area contributed by atoms with E-state index in [0.29, 0.717) is 11.6 Å². The number of Topliss-reactive ketones (excluding diaryl/α,β-unsaturated/α-hetero) is 1. The number of hydrogen-bond acceptors (Lipinski definition) is 2. The Morgan fingerprint density at radius 1 is 1.47 bits per heavy atom. The number of halogens is 2. The first-order chi connectivity index (χ1) is 7.97. The summed E-state index contributed by atoms with van der Waals surface area (Å²) >= 11 is 5.79. The van der Waals surface area contributed by atoms with Crippen LogP contribution in [0.1, 0.15) is 24.2 Å². The minimum atomic E-state index is -0.513. The maximum Gasteiger partial charge on any atom is 0.170 e. The van der Waals surface area contributed by atoms with E-state index in [4.69, 9.17) is 11.6 Å². The molecule has 0 heterocycles.